The highest BCUT2D eigenvalue weighted by Crippen LogP contribution is 2.58. The fraction of sp³-hybridized carbons (Fsp3) is 0.269. The molecule has 33 heavy (non-hydrogen) atoms. The van der Waals surface area contributed by atoms with Gasteiger partial charge in [-0.15, -0.1) is 0 Å². The van der Waals surface area contributed by atoms with Crippen molar-refractivity contribution in [1.82, 2.24) is 5.32 Å². The average molecular weight is 467 g/mol. The molecule has 4 rings (SSSR count). The monoisotopic (exact) mass is 466 g/mol. The second kappa shape index (κ2) is 8.98. The Balaban J connectivity index is 1.45. The predicted molar refractivity (Wildman–Crippen MR) is 128 cm³/mol. The third kappa shape index (κ3) is 4.93. The summed E-state index contributed by atoms with van der Waals surface area (Å²) in [6.07, 6.45) is 1.90. The number of anilines is 1. The first-order valence-corrected chi connectivity index (χ1v) is 12.8. The summed E-state index contributed by atoms with van der Waals surface area (Å²) in [7, 11) is -3.59. The van der Waals surface area contributed by atoms with Gasteiger partial charge in [-0.05, 0) is 48.1 Å². The first-order valence-electron chi connectivity index (χ1n) is 10.9. The Morgan fingerprint density at radius 3 is 2.12 bits per heavy atom. The van der Waals surface area contributed by atoms with Crippen LogP contribution in [-0.2, 0) is 20.2 Å². The van der Waals surface area contributed by atoms with Crippen LogP contribution in [0.5, 0.6) is 0 Å². The van der Waals surface area contributed by atoms with Crippen molar-refractivity contribution < 1.29 is 17.6 Å². The summed E-state index contributed by atoms with van der Waals surface area (Å²) in [5.41, 5.74) is 2.70. The number of hydrogen-bond acceptors (Lipinski definition) is 3. The van der Waals surface area contributed by atoms with Crippen LogP contribution in [0.25, 0.3) is 0 Å². The minimum atomic E-state index is -3.59. The van der Waals surface area contributed by atoms with Crippen LogP contribution in [0, 0.1) is 11.7 Å². The molecule has 1 saturated carbocycles. The largest absolute Gasteiger partial charge is 0.355 e. The molecule has 3 aromatic carbocycles. The Bertz CT molecular complexity index is 1210. The van der Waals surface area contributed by atoms with Gasteiger partial charge in [-0.2, -0.15) is 0 Å². The van der Waals surface area contributed by atoms with Crippen molar-refractivity contribution in [2.24, 2.45) is 5.92 Å². The zero-order valence-electron chi connectivity index (χ0n) is 18.6. The lowest BCUT2D eigenvalue weighted by molar-refractivity contribution is -0.122. The number of carbonyl (C=O) groups is 1. The molecule has 0 aromatic heterocycles. The normalized spacial score (nSPS) is 17.7. The molecule has 2 atom stereocenters. The number of benzene rings is 3. The van der Waals surface area contributed by atoms with E-state index in [0.29, 0.717) is 12.1 Å². The van der Waals surface area contributed by atoms with Crippen LogP contribution in [0.1, 0.15) is 36.0 Å². The molecule has 7 heteroatoms. The van der Waals surface area contributed by atoms with Crippen molar-refractivity contribution in [3.63, 3.8) is 0 Å². The van der Waals surface area contributed by atoms with E-state index in [1.807, 2.05) is 36.4 Å². The van der Waals surface area contributed by atoms with Gasteiger partial charge in [0.2, 0.25) is 15.9 Å². The molecule has 0 bridgehead atoms. The Morgan fingerprint density at radius 2 is 1.61 bits per heavy atom. The van der Waals surface area contributed by atoms with E-state index in [2.05, 4.69) is 34.3 Å². The van der Waals surface area contributed by atoms with Gasteiger partial charge < -0.3 is 5.32 Å². The van der Waals surface area contributed by atoms with Crippen molar-refractivity contribution in [1.29, 1.82) is 0 Å². The molecule has 0 heterocycles. The van der Waals surface area contributed by atoms with Crippen molar-refractivity contribution in [3.05, 3.63) is 101 Å². The van der Waals surface area contributed by atoms with Gasteiger partial charge in [0.15, 0.2) is 0 Å². The van der Waals surface area contributed by atoms with Crippen molar-refractivity contribution >= 4 is 21.6 Å². The molecule has 0 aliphatic heterocycles. The van der Waals surface area contributed by atoms with E-state index in [4.69, 9.17) is 0 Å². The fourth-order valence-electron chi connectivity index (χ4n) is 4.53. The van der Waals surface area contributed by atoms with E-state index in [-0.39, 0.29) is 22.9 Å². The molecule has 2 N–H and O–H groups in total. The maximum absolute atomic E-state index is 14.3. The third-order valence-corrected chi connectivity index (χ3v) is 6.98. The van der Waals surface area contributed by atoms with Gasteiger partial charge in [-0.1, -0.05) is 66.7 Å². The van der Waals surface area contributed by atoms with Gasteiger partial charge >= 0.3 is 0 Å². The molecule has 5 nitrogen and oxygen atoms in total. The van der Waals surface area contributed by atoms with Crippen LogP contribution in [-0.4, -0.2) is 27.1 Å². The number of nitrogens with one attached hydrogen (secondary N) is 2. The second-order valence-electron chi connectivity index (χ2n) is 8.68. The average Bonchev–Trinajstić information content (AvgIpc) is 3.54. The molecular weight excluding hydrogens is 439 g/mol. The summed E-state index contributed by atoms with van der Waals surface area (Å²) in [6, 6.07) is 24.8. The number of hydrogen-bond donors (Lipinski definition) is 2. The number of carbonyl (C=O) groups excluding carboxylic acids is 1. The van der Waals surface area contributed by atoms with E-state index < -0.39 is 21.8 Å². The van der Waals surface area contributed by atoms with Crippen LogP contribution >= 0.6 is 0 Å². The Morgan fingerprint density at radius 1 is 1.03 bits per heavy atom. The first-order chi connectivity index (χ1) is 15.7. The topological polar surface area (TPSA) is 75.3 Å². The molecule has 2 unspecified atom stereocenters. The lowest BCUT2D eigenvalue weighted by Crippen LogP contribution is -2.31. The Kier molecular flexibility index (Phi) is 6.26. The van der Waals surface area contributed by atoms with E-state index in [0.717, 1.165) is 12.7 Å². The lowest BCUT2D eigenvalue weighted by Gasteiger charge is -2.20. The van der Waals surface area contributed by atoms with Crippen LogP contribution in [0.15, 0.2) is 78.9 Å². The minimum Gasteiger partial charge on any atom is -0.355 e. The van der Waals surface area contributed by atoms with Gasteiger partial charge in [-0.3, -0.25) is 9.52 Å². The highest BCUT2D eigenvalue weighted by atomic mass is 32.2. The molecular formula is C26H27FN2O3S. The Labute approximate surface area is 194 Å². The van der Waals surface area contributed by atoms with E-state index in [9.17, 15) is 17.6 Å². The second-order valence-corrected chi connectivity index (χ2v) is 10.4. The van der Waals surface area contributed by atoms with Crippen LogP contribution in [0.3, 0.4) is 0 Å². The minimum absolute atomic E-state index is 0.121. The summed E-state index contributed by atoms with van der Waals surface area (Å²) in [4.78, 5) is 12.8. The molecule has 1 aliphatic carbocycles. The number of sulfonamides is 1. The highest BCUT2D eigenvalue weighted by Gasteiger charge is 2.56. The summed E-state index contributed by atoms with van der Waals surface area (Å²) >= 11 is 0. The summed E-state index contributed by atoms with van der Waals surface area (Å²) in [5.74, 6) is -1.23. The number of rotatable bonds is 8. The molecule has 0 spiro atoms. The molecule has 1 amide bonds. The van der Waals surface area contributed by atoms with Gasteiger partial charge in [0.25, 0.3) is 0 Å². The van der Waals surface area contributed by atoms with E-state index in [1.165, 1.54) is 23.3 Å². The van der Waals surface area contributed by atoms with E-state index in [1.54, 1.807) is 13.0 Å². The quantitative estimate of drug-likeness (QED) is 0.516. The first kappa shape index (κ1) is 23.0. The van der Waals surface area contributed by atoms with E-state index >= 15 is 0 Å². The third-order valence-electron chi connectivity index (χ3n) is 6.39. The zero-order chi connectivity index (χ0) is 23.6. The number of amides is 1. The summed E-state index contributed by atoms with van der Waals surface area (Å²) in [5, 5.41) is 3.04. The molecule has 172 valence electrons. The molecule has 1 fully saturated rings. The van der Waals surface area contributed by atoms with Gasteiger partial charge in [0.05, 0.1) is 17.9 Å². The molecule has 3 aromatic rings. The van der Waals surface area contributed by atoms with Crippen molar-refractivity contribution in [3.8, 4) is 0 Å². The van der Waals surface area contributed by atoms with Gasteiger partial charge in [-0.25, -0.2) is 12.8 Å². The molecule has 1 aliphatic rings. The smallest absolute Gasteiger partial charge is 0.229 e. The van der Waals surface area contributed by atoms with Crippen molar-refractivity contribution in [2.75, 3.05) is 17.5 Å². The fourth-order valence-corrected chi connectivity index (χ4v) is 5.10. The summed E-state index contributed by atoms with van der Waals surface area (Å²) in [6.45, 7) is 2.23. The molecule has 0 saturated heterocycles. The maximum atomic E-state index is 14.3. The standard InChI is InChI=1S/C26H27FN2O3S/c1-18(19-13-14-24(23(27)15-19)29-33(2,31)32)25(30)28-17-22-16-26(22,20-9-5-3-6-10-20)21-11-7-4-8-12-21/h3-15,18,22,29H,16-17H2,1-2H3,(H,28,30). The van der Waals surface area contributed by atoms with Crippen LogP contribution < -0.4 is 10.0 Å². The maximum Gasteiger partial charge on any atom is 0.229 e. The van der Waals surface area contributed by atoms with Crippen LogP contribution in [0.2, 0.25) is 0 Å². The highest BCUT2D eigenvalue weighted by molar-refractivity contribution is 7.92. The van der Waals surface area contributed by atoms with Crippen LogP contribution in [0.4, 0.5) is 10.1 Å². The predicted octanol–water partition coefficient (Wildman–Crippen LogP) is 4.42. The lowest BCUT2D eigenvalue weighted by atomic mass is 9.85. The SMILES string of the molecule is CC(C(=O)NCC1CC1(c1ccccc1)c1ccccc1)c1ccc(NS(C)(=O)=O)c(F)c1. The Hall–Kier alpha value is -3.19. The zero-order valence-corrected chi connectivity index (χ0v) is 19.4. The molecule has 0 radical (unpaired) electrons. The van der Waals surface area contributed by atoms with Gasteiger partial charge in [0.1, 0.15) is 5.82 Å². The van der Waals surface area contributed by atoms with Crippen molar-refractivity contribution in [2.45, 2.75) is 24.7 Å². The number of halogens is 1. The summed E-state index contributed by atoms with van der Waals surface area (Å²) < 4.78 is 39.2. The van der Waals surface area contributed by atoms with Gasteiger partial charge in [0, 0.05) is 12.0 Å².